The van der Waals surface area contributed by atoms with Gasteiger partial charge in [0.15, 0.2) is 0 Å². The predicted molar refractivity (Wildman–Crippen MR) is 129 cm³/mol. The quantitative estimate of drug-likeness (QED) is 0.361. The Balaban J connectivity index is 1.53. The van der Waals surface area contributed by atoms with Gasteiger partial charge in [-0.15, -0.1) is 0 Å². The smallest absolute Gasteiger partial charge is 0.295 e. The van der Waals surface area contributed by atoms with Gasteiger partial charge in [-0.05, 0) is 67.6 Å². The number of likely N-dealkylation sites (tertiary alicyclic amines) is 1. The van der Waals surface area contributed by atoms with Gasteiger partial charge in [0.05, 0.1) is 22.6 Å². The Kier molecular flexibility index (Phi) is 6.67. The van der Waals surface area contributed by atoms with Gasteiger partial charge in [-0.25, -0.2) is 12.8 Å². The van der Waals surface area contributed by atoms with Crippen molar-refractivity contribution >= 4 is 27.5 Å². The van der Waals surface area contributed by atoms with Crippen molar-refractivity contribution < 1.29 is 32.2 Å². The highest BCUT2D eigenvalue weighted by atomic mass is 32.2. The molecular weight excluding hydrogens is 487 g/mol. The number of benzene rings is 2. The molecule has 0 saturated carbocycles. The minimum atomic E-state index is -3.64. The number of carbonyl (C=O) groups is 2. The normalized spacial score (nSPS) is 24.6. The number of ketones is 1. The summed E-state index contributed by atoms with van der Waals surface area (Å²) in [4.78, 5) is 27.6. The molecule has 1 N–H and O–H groups in total. The van der Waals surface area contributed by atoms with Gasteiger partial charge < -0.3 is 14.7 Å². The van der Waals surface area contributed by atoms with Crippen LogP contribution in [-0.4, -0.2) is 66.8 Å². The Bertz CT molecular complexity index is 1290. The van der Waals surface area contributed by atoms with Crippen molar-refractivity contribution in [1.82, 2.24) is 9.21 Å². The zero-order valence-corrected chi connectivity index (χ0v) is 20.4. The summed E-state index contributed by atoms with van der Waals surface area (Å²) in [5.41, 5.74) is 0.556. The number of Topliss-reactive ketones (excluding diaryl/α,β-unsaturated/α-hetero) is 1. The molecule has 2 aromatic carbocycles. The average Bonchev–Trinajstić information content (AvgIpc) is 3.64. The lowest BCUT2D eigenvalue weighted by Gasteiger charge is -2.27. The van der Waals surface area contributed by atoms with E-state index in [1.165, 1.54) is 57.7 Å². The zero-order chi connectivity index (χ0) is 25.4. The summed E-state index contributed by atoms with van der Waals surface area (Å²) < 4.78 is 46.4. The molecule has 3 saturated heterocycles. The Hall–Kier alpha value is -3.08. The van der Waals surface area contributed by atoms with Gasteiger partial charge in [0.1, 0.15) is 11.6 Å². The third kappa shape index (κ3) is 4.44. The van der Waals surface area contributed by atoms with Crippen LogP contribution in [0, 0.1) is 5.82 Å². The molecule has 0 radical (unpaired) electrons. The fourth-order valence-corrected chi connectivity index (χ4v) is 6.60. The topological polar surface area (TPSA) is 104 Å². The molecule has 8 nitrogen and oxygen atoms in total. The first-order valence-electron chi connectivity index (χ1n) is 12.0. The molecule has 2 atom stereocenters. The summed E-state index contributed by atoms with van der Waals surface area (Å²) in [5, 5.41) is 11.2. The monoisotopic (exact) mass is 514 g/mol. The Morgan fingerprint density at radius 3 is 2.28 bits per heavy atom. The molecule has 3 aliphatic rings. The van der Waals surface area contributed by atoms with Crippen LogP contribution in [0.1, 0.15) is 42.9 Å². The third-order valence-corrected chi connectivity index (χ3v) is 8.89. The summed E-state index contributed by atoms with van der Waals surface area (Å²) in [6.07, 6.45) is 2.98. The van der Waals surface area contributed by atoms with E-state index in [1.54, 1.807) is 0 Å². The molecule has 190 valence electrons. The highest BCUT2D eigenvalue weighted by Gasteiger charge is 2.47. The van der Waals surface area contributed by atoms with E-state index in [4.69, 9.17) is 4.74 Å². The van der Waals surface area contributed by atoms with Crippen LogP contribution in [0.4, 0.5) is 4.39 Å². The second-order valence-electron chi connectivity index (χ2n) is 9.27. The van der Waals surface area contributed by atoms with Crippen molar-refractivity contribution in [2.45, 2.75) is 42.7 Å². The number of aliphatic hydroxyl groups excluding tert-OH is 1. The molecule has 1 amide bonds. The van der Waals surface area contributed by atoms with Crippen LogP contribution >= 0.6 is 0 Å². The molecule has 0 aromatic heterocycles. The lowest BCUT2D eigenvalue weighted by atomic mass is 9.95. The lowest BCUT2D eigenvalue weighted by Crippen LogP contribution is -2.36. The van der Waals surface area contributed by atoms with E-state index in [-0.39, 0.29) is 28.7 Å². The fraction of sp³-hybridized carbons (Fsp3) is 0.385. The lowest BCUT2D eigenvalue weighted by molar-refractivity contribution is -0.140. The largest absolute Gasteiger partial charge is 0.507 e. The first-order valence-corrected chi connectivity index (χ1v) is 13.5. The maximum Gasteiger partial charge on any atom is 0.295 e. The summed E-state index contributed by atoms with van der Waals surface area (Å²) >= 11 is 0. The van der Waals surface area contributed by atoms with Crippen molar-refractivity contribution in [2.75, 3.05) is 26.2 Å². The first-order chi connectivity index (χ1) is 17.3. The van der Waals surface area contributed by atoms with E-state index in [9.17, 15) is 27.5 Å². The van der Waals surface area contributed by atoms with Gasteiger partial charge in [0.2, 0.25) is 10.0 Å². The number of carbonyl (C=O) groups excluding carboxylic acids is 2. The maximum absolute atomic E-state index is 13.6. The third-order valence-electron chi connectivity index (χ3n) is 6.98. The molecule has 2 aromatic rings. The molecule has 0 bridgehead atoms. The number of ether oxygens (including phenoxy) is 1. The van der Waals surface area contributed by atoms with Crippen LogP contribution in [-0.2, 0) is 24.3 Å². The van der Waals surface area contributed by atoms with Crippen LogP contribution in [0.15, 0.2) is 59.0 Å². The molecule has 3 heterocycles. The van der Waals surface area contributed by atoms with E-state index in [0.717, 1.165) is 25.7 Å². The van der Waals surface area contributed by atoms with Gasteiger partial charge in [-0.1, -0.05) is 12.1 Å². The van der Waals surface area contributed by atoms with Gasteiger partial charge >= 0.3 is 0 Å². The number of hydrogen-bond acceptors (Lipinski definition) is 6. The first kappa shape index (κ1) is 24.6. The molecular formula is C26H27FN2O6S. The Morgan fingerprint density at radius 2 is 1.67 bits per heavy atom. The van der Waals surface area contributed by atoms with Crippen LogP contribution < -0.4 is 0 Å². The SMILES string of the molecule is O=C1C(=O)N(C[C@@H]2CCCO2)[C@H](c2ccc(F)cc2)C1=C(O)c1ccc(S(=O)(=O)N2CCCC2)cc1. The summed E-state index contributed by atoms with van der Waals surface area (Å²) in [7, 11) is -3.64. The van der Waals surface area contributed by atoms with Gasteiger partial charge in [-0.2, -0.15) is 4.31 Å². The minimum Gasteiger partial charge on any atom is -0.507 e. The Labute approximate surface area is 209 Å². The van der Waals surface area contributed by atoms with E-state index in [0.29, 0.717) is 25.3 Å². The second-order valence-corrected chi connectivity index (χ2v) is 11.2. The predicted octanol–water partition coefficient (Wildman–Crippen LogP) is 3.21. The van der Waals surface area contributed by atoms with Crippen LogP contribution in [0.25, 0.3) is 5.76 Å². The van der Waals surface area contributed by atoms with Gasteiger partial charge in [-0.3, -0.25) is 9.59 Å². The molecule has 0 unspecified atom stereocenters. The van der Waals surface area contributed by atoms with E-state index >= 15 is 0 Å². The number of halogens is 1. The summed E-state index contributed by atoms with van der Waals surface area (Å²) in [6.45, 7) is 1.67. The second kappa shape index (κ2) is 9.76. The summed E-state index contributed by atoms with van der Waals surface area (Å²) in [5.74, 6) is -2.50. The van der Waals surface area contributed by atoms with E-state index in [2.05, 4.69) is 0 Å². The molecule has 3 aliphatic heterocycles. The fourth-order valence-electron chi connectivity index (χ4n) is 5.09. The standard InChI is InChI=1S/C26H27FN2O6S/c27-19-9-5-17(6-10-19)23-22(25(31)26(32)29(23)16-20-4-3-15-35-20)24(30)18-7-11-21(12-8-18)36(33,34)28-13-1-2-14-28/h5-12,20,23,30H,1-4,13-16H2/t20-,23+/m0/s1. The number of sulfonamides is 1. The maximum atomic E-state index is 13.6. The molecule has 3 fully saturated rings. The van der Waals surface area contributed by atoms with E-state index < -0.39 is 39.3 Å². The van der Waals surface area contributed by atoms with E-state index in [1.807, 2.05) is 0 Å². The van der Waals surface area contributed by atoms with Crippen molar-refractivity contribution in [2.24, 2.45) is 0 Å². The Morgan fingerprint density at radius 1 is 1.00 bits per heavy atom. The molecule has 5 rings (SSSR count). The van der Waals surface area contributed by atoms with Gasteiger partial charge in [0.25, 0.3) is 11.7 Å². The highest BCUT2D eigenvalue weighted by Crippen LogP contribution is 2.40. The number of amides is 1. The van der Waals surface area contributed by atoms with Crippen molar-refractivity contribution in [3.63, 3.8) is 0 Å². The van der Waals surface area contributed by atoms with Crippen LogP contribution in [0.3, 0.4) is 0 Å². The van der Waals surface area contributed by atoms with Gasteiger partial charge in [0, 0.05) is 31.8 Å². The van der Waals surface area contributed by atoms with Crippen molar-refractivity contribution in [3.8, 4) is 0 Å². The molecule has 0 spiro atoms. The molecule has 10 heteroatoms. The van der Waals surface area contributed by atoms with Crippen LogP contribution in [0.2, 0.25) is 0 Å². The number of nitrogens with zero attached hydrogens (tertiary/aromatic N) is 2. The molecule has 0 aliphatic carbocycles. The zero-order valence-electron chi connectivity index (χ0n) is 19.6. The van der Waals surface area contributed by atoms with Crippen molar-refractivity contribution in [3.05, 3.63) is 71.0 Å². The number of hydrogen-bond donors (Lipinski definition) is 1. The average molecular weight is 515 g/mol. The summed E-state index contributed by atoms with van der Waals surface area (Å²) in [6, 6.07) is 10.1. The highest BCUT2D eigenvalue weighted by molar-refractivity contribution is 7.89. The number of aliphatic hydroxyl groups is 1. The van der Waals surface area contributed by atoms with Crippen molar-refractivity contribution in [1.29, 1.82) is 0 Å². The molecule has 36 heavy (non-hydrogen) atoms. The van der Waals surface area contributed by atoms with Crippen LogP contribution in [0.5, 0.6) is 0 Å². The number of rotatable bonds is 6. The minimum absolute atomic E-state index is 0.0925.